The monoisotopic (exact) mass is 361 g/mol. The highest BCUT2D eigenvalue weighted by Gasteiger charge is 2.12. The van der Waals surface area contributed by atoms with Crippen molar-refractivity contribution in [2.45, 2.75) is 20.4 Å². The van der Waals surface area contributed by atoms with Gasteiger partial charge < -0.3 is 5.32 Å². The lowest BCUT2D eigenvalue weighted by Gasteiger charge is -2.09. The van der Waals surface area contributed by atoms with Gasteiger partial charge in [0.15, 0.2) is 0 Å². The number of halogens is 1. The number of aryl methyl sites for hydroxylation is 2. The summed E-state index contributed by atoms with van der Waals surface area (Å²) >= 11 is 11.4. The van der Waals surface area contributed by atoms with Gasteiger partial charge in [-0.3, -0.25) is 9.47 Å². The van der Waals surface area contributed by atoms with Crippen molar-refractivity contribution in [1.29, 1.82) is 0 Å². The highest BCUT2D eigenvalue weighted by atomic mass is 35.5. The molecule has 0 spiro atoms. The van der Waals surface area contributed by atoms with Gasteiger partial charge in [-0.15, -0.1) is 0 Å². The summed E-state index contributed by atoms with van der Waals surface area (Å²) < 4.78 is 5.52. The SMILES string of the molecule is Cc1ccc(Cl)cc1NC(=O)Cn1nc(C)n(-n2cccc2)c1=S. The molecule has 0 fully saturated rings. The van der Waals surface area contributed by atoms with Crippen LogP contribution >= 0.6 is 23.8 Å². The van der Waals surface area contributed by atoms with Crippen molar-refractivity contribution < 1.29 is 4.79 Å². The lowest BCUT2D eigenvalue weighted by molar-refractivity contribution is -0.116. The molecule has 0 aliphatic rings. The molecule has 0 bridgehead atoms. The van der Waals surface area contributed by atoms with E-state index in [-0.39, 0.29) is 12.5 Å². The number of nitrogens with zero attached hydrogens (tertiary/aromatic N) is 4. The van der Waals surface area contributed by atoms with Crippen LogP contribution in [0.2, 0.25) is 5.02 Å². The largest absolute Gasteiger partial charge is 0.324 e. The van der Waals surface area contributed by atoms with Crippen LogP contribution in [0.4, 0.5) is 5.69 Å². The third-order valence-corrected chi connectivity index (χ3v) is 4.18. The first-order valence-electron chi connectivity index (χ1n) is 7.32. The number of carbonyl (C=O) groups is 1. The van der Waals surface area contributed by atoms with Crippen LogP contribution in [0.5, 0.6) is 0 Å². The van der Waals surface area contributed by atoms with Gasteiger partial charge in [0, 0.05) is 23.1 Å². The standard InChI is InChI=1S/C16H16ClN5OS/c1-11-5-6-13(17)9-14(11)18-15(23)10-21-16(24)22(12(2)19-21)20-7-3-4-8-20/h3-9H,10H2,1-2H3,(H,18,23). The summed E-state index contributed by atoms with van der Waals surface area (Å²) in [5.41, 5.74) is 1.62. The minimum Gasteiger partial charge on any atom is -0.324 e. The second-order valence-corrected chi connectivity index (χ2v) is 6.17. The number of nitrogens with one attached hydrogen (secondary N) is 1. The molecule has 1 N–H and O–H groups in total. The van der Waals surface area contributed by atoms with Crippen LogP contribution in [0, 0.1) is 18.6 Å². The van der Waals surface area contributed by atoms with Crippen LogP contribution in [0.15, 0.2) is 42.7 Å². The maximum absolute atomic E-state index is 12.3. The van der Waals surface area contributed by atoms with Gasteiger partial charge in [-0.25, -0.2) is 9.36 Å². The number of aromatic nitrogens is 4. The molecule has 0 saturated heterocycles. The Morgan fingerprint density at radius 3 is 2.71 bits per heavy atom. The molecular weight excluding hydrogens is 346 g/mol. The average Bonchev–Trinajstić information content (AvgIpc) is 3.12. The number of hydrogen-bond donors (Lipinski definition) is 1. The third-order valence-electron chi connectivity index (χ3n) is 3.56. The lowest BCUT2D eigenvalue weighted by atomic mass is 10.2. The minimum atomic E-state index is -0.214. The van der Waals surface area contributed by atoms with E-state index in [1.807, 2.05) is 49.1 Å². The topological polar surface area (TPSA) is 56.8 Å². The molecule has 0 radical (unpaired) electrons. The molecule has 0 saturated carbocycles. The van der Waals surface area contributed by atoms with Gasteiger partial charge >= 0.3 is 0 Å². The molecule has 3 aromatic rings. The Bertz CT molecular complexity index is 942. The zero-order valence-corrected chi connectivity index (χ0v) is 14.8. The third kappa shape index (κ3) is 3.27. The normalized spacial score (nSPS) is 10.8. The summed E-state index contributed by atoms with van der Waals surface area (Å²) in [4.78, 5) is 12.3. The molecular formula is C16H16ClN5OS. The maximum Gasteiger partial charge on any atom is 0.246 e. The van der Waals surface area contributed by atoms with Crippen LogP contribution < -0.4 is 5.32 Å². The van der Waals surface area contributed by atoms with Gasteiger partial charge in [0.2, 0.25) is 10.7 Å². The van der Waals surface area contributed by atoms with Crippen molar-refractivity contribution in [1.82, 2.24) is 19.1 Å². The van der Waals surface area contributed by atoms with Crippen LogP contribution in [0.25, 0.3) is 0 Å². The van der Waals surface area contributed by atoms with Gasteiger partial charge in [-0.05, 0) is 55.9 Å². The van der Waals surface area contributed by atoms with E-state index in [1.165, 1.54) is 4.68 Å². The van der Waals surface area contributed by atoms with Gasteiger partial charge in [0.25, 0.3) is 0 Å². The molecule has 6 nitrogen and oxygen atoms in total. The van der Waals surface area contributed by atoms with Crippen molar-refractivity contribution in [3.63, 3.8) is 0 Å². The summed E-state index contributed by atoms with van der Waals surface area (Å²) in [7, 11) is 0. The molecule has 24 heavy (non-hydrogen) atoms. The van der Waals surface area contributed by atoms with Crippen molar-refractivity contribution >= 4 is 35.4 Å². The Balaban J connectivity index is 1.82. The van der Waals surface area contributed by atoms with E-state index in [1.54, 1.807) is 16.8 Å². The van der Waals surface area contributed by atoms with Crippen molar-refractivity contribution in [2.75, 3.05) is 5.32 Å². The highest BCUT2D eigenvalue weighted by molar-refractivity contribution is 7.71. The van der Waals surface area contributed by atoms with E-state index < -0.39 is 0 Å². The number of anilines is 1. The highest BCUT2D eigenvalue weighted by Crippen LogP contribution is 2.20. The van der Waals surface area contributed by atoms with E-state index in [9.17, 15) is 4.79 Å². The van der Waals surface area contributed by atoms with Crippen LogP contribution in [0.1, 0.15) is 11.4 Å². The zero-order valence-electron chi connectivity index (χ0n) is 13.2. The van der Waals surface area contributed by atoms with E-state index in [4.69, 9.17) is 23.8 Å². The molecule has 3 rings (SSSR count). The minimum absolute atomic E-state index is 0.0277. The zero-order chi connectivity index (χ0) is 17.3. The lowest BCUT2D eigenvalue weighted by Crippen LogP contribution is -2.20. The maximum atomic E-state index is 12.3. The van der Waals surface area contributed by atoms with Crippen LogP contribution in [-0.4, -0.2) is 25.0 Å². The van der Waals surface area contributed by atoms with Gasteiger partial charge in [-0.1, -0.05) is 17.7 Å². The van der Waals surface area contributed by atoms with Crippen LogP contribution in [0.3, 0.4) is 0 Å². The quantitative estimate of drug-likeness (QED) is 0.724. The molecule has 2 aromatic heterocycles. The predicted octanol–water partition coefficient (Wildman–Crippen LogP) is 3.44. The number of rotatable bonds is 4. The second kappa shape index (κ2) is 6.62. The molecule has 8 heteroatoms. The first-order chi connectivity index (χ1) is 11.5. The fourth-order valence-corrected chi connectivity index (χ4v) is 2.89. The second-order valence-electron chi connectivity index (χ2n) is 5.37. The number of carbonyl (C=O) groups excluding carboxylic acids is 1. The van der Waals surface area contributed by atoms with Gasteiger partial charge in [0.1, 0.15) is 12.4 Å². The summed E-state index contributed by atoms with van der Waals surface area (Å²) in [6.45, 7) is 3.77. The number of benzene rings is 1. The summed E-state index contributed by atoms with van der Waals surface area (Å²) in [5.74, 6) is 0.483. The molecule has 0 aliphatic heterocycles. The van der Waals surface area contributed by atoms with E-state index in [0.29, 0.717) is 21.3 Å². The summed E-state index contributed by atoms with van der Waals surface area (Å²) in [6.07, 6.45) is 3.73. The van der Waals surface area contributed by atoms with Crippen molar-refractivity contribution in [3.8, 4) is 0 Å². The molecule has 2 heterocycles. The Kier molecular flexibility index (Phi) is 4.55. The fraction of sp³-hybridized carbons (Fsp3) is 0.188. The van der Waals surface area contributed by atoms with E-state index >= 15 is 0 Å². The average molecular weight is 362 g/mol. The fourth-order valence-electron chi connectivity index (χ4n) is 2.39. The first-order valence-corrected chi connectivity index (χ1v) is 8.10. The summed E-state index contributed by atoms with van der Waals surface area (Å²) in [6, 6.07) is 9.15. The Hall–Kier alpha value is -2.38. The predicted molar refractivity (Wildman–Crippen MR) is 95.8 cm³/mol. The molecule has 1 aromatic carbocycles. The smallest absolute Gasteiger partial charge is 0.246 e. The van der Waals surface area contributed by atoms with Gasteiger partial charge in [-0.2, -0.15) is 5.10 Å². The molecule has 0 aliphatic carbocycles. The molecule has 124 valence electrons. The first kappa shape index (κ1) is 16.5. The molecule has 0 atom stereocenters. The van der Waals surface area contributed by atoms with Crippen LogP contribution in [-0.2, 0) is 11.3 Å². The van der Waals surface area contributed by atoms with Crippen molar-refractivity contribution in [2.24, 2.45) is 0 Å². The van der Waals surface area contributed by atoms with Crippen molar-refractivity contribution in [3.05, 3.63) is 63.9 Å². The van der Waals surface area contributed by atoms with E-state index in [0.717, 1.165) is 5.56 Å². The molecule has 0 unspecified atom stereocenters. The number of hydrogen-bond acceptors (Lipinski definition) is 3. The Morgan fingerprint density at radius 1 is 1.29 bits per heavy atom. The van der Waals surface area contributed by atoms with E-state index in [2.05, 4.69) is 10.4 Å². The Labute approximate surface area is 149 Å². The Morgan fingerprint density at radius 2 is 2.00 bits per heavy atom. The summed E-state index contributed by atoms with van der Waals surface area (Å²) in [5, 5.41) is 7.77. The molecule has 1 amide bonds. The van der Waals surface area contributed by atoms with Gasteiger partial charge in [0.05, 0.1) is 0 Å². The number of amides is 1.